The Hall–Kier alpha value is -2.64. The van der Waals surface area contributed by atoms with Crippen LogP contribution < -0.4 is 5.32 Å². The van der Waals surface area contributed by atoms with Crippen LogP contribution in [0.4, 0.5) is 0 Å². The number of hydrogen-bond acceptors (Lipinski definition) is 10. The standard InChI is InChI=1S/C70H127NO10/c1-3-5-7-9-11-13-15-16-30-33-37-40-44-48-52-56-63(73)62(61-80-70-69(78)68(77)67(76)64(60-72)81-70)71-65(74)57-53-49-45-41-38-34-31-28-26-24-22-20-18-17-19-21-23-25-27-29-32-35-39-43-47-51-55-59-79-66(75)58-54-50-46-42-36-14-12-10-8-6-4-2/h15-18,21,23,37,40,52,56,62-64,67-70,72-73,76-78H,3-14,19-20,22,24-36,38-39,41-51,53-55,57-61H2,1-2H3,(H,71,74)/b16-15+,18-17-,23-21-,40-37+,56-52+. The summed E-state index contributed by atoms with van der Waals surface area (Å²) in [6, 6.07) is -0.839. The minimum atomic E-state index is -1.58. The van der Waals surface area contributed by atoms with Crippen molar-refractivity contribution in [2.75, 3.05) is 19.8 Å². The molecule has 1 saturated heterocycles. The highest BCUT2D eigenvalue weighted by molar-refractivity contribution is 5.76. The summed E-state index contributed by atoms with van der Waals surface area (Å²) in [4.78, 5) is 25.1. The summed E-state index contributed by atoms with van der Waals surface area (Å²) in [6.45, 7) is 4.32. The van der Waals surface area contributed by atoms with Gasteiger partial charge in [0.15, 0.2) is 6.29 Å². The SMILES string of the molecule is CCCCCCC/C=C/CC/C=C/CC/C=C/C(O)C(COC1OC(CO)C(O)C(O)C1O)NC(=O)CCCCCCCCCCCCC/C=C\C/C=C\CCCCCCCCCCCOC(=O)CCCCCCCCCCCCC. The molecule has 1 rings (SSSR count). The molecule has 7 unspecified atom stereocenters. The van der Waals surface area contributed by atoms with E-state index in [1.165, 1.54) is 199 Å². The van der Waals surface area contributed by atoms with Crippen LogP contribution in [0.3, 0.4) is 0 Å². The van der Waals surface area contributed by atoms with Crippen molar-refractivity contribution in [1.29, 1.82) is 0 Å². The lowest BCUT2D eigenvalue weighted by molar-refractivity contribution is -0.302. The average Bonchev–Trinajstić information content (AvgIpc) is 3.50. The summed E-state index contributed by atoms with van der Waals surface area (Å²) in [5.41, 5.74) is 0. The van der Waals surface area contributed by atoms with E-state index in [1.54, 1.807) is 6.08 Å². The van der Waals surface area contributed by atoms with Crippen molar-refractivity contribution >= 4 is 11.9 Å². The van der Waals surface area contributed by atoms with Crippen LogP contribution in [-0.2, 0) is 23.8 Å². The number of esters is 1. The first-order valence-electron chi connectivity index (χ1n) is 34.1. The number of ether oxygens (including phenoxy) is 3. The Bertz CT molecular complexity index is 1530. The Labute approximate surface area is 497 Å². The first-order valence-corrected chi connectivity index (χ1v) is 34.1. The quantitative estimate of drug-likeness (QED) is 0.0195. The van der Waals surface area contributed by atoms with Crippen LogP contribution in [0, 0.1) is 0 Å². The Kier molecular flexibility index (Phi) is 55.7. The predicted octanol–water partition coefficient (Wildman–Crippen LogP) is 17.0. The molecule has 0 aromatic heterocycles. The molecule has 1 aliphatic heterocycles. The van der Waals surface area contributed by atoms with E-state index in [0.29, 0.717) is 19.4 Å². The fraction of sp³-hybridized carbons (Fsp3) is 0.829. The Morgan fingerprint density at radius 3 is 1.30 bits per heavy atom. The molecule has 0 aromatic carbocycles. The molecule has 0 bridgehead atoms. The van der Waals surface area contributed by atoms with Crippen molar-refractivity contribution in [2.24, 2.45) is 0 Å². The molecule has 0 aliphatic carbocycles. The van der Waals surface area contributed by atoms with Crippen LogP contribution in [0.25, 0.3) is 0 Å². The molecule has 1 aliphatic rings. The Balaban J connectivity index is 2.06. The van der Waals surface area contributed by atoms with Gasteiger partial charge < -0.3 is 45.1 Å². The Morgan fingerprint density at radius 2 is 0.840 bits per heavy atom. The second-order valence-electron chi connectivity index (χ2n) is 23.5. The fourth-order valence-electron chi connectivity index (χ4n) is 10.4. The number of carbonyl (C=O) groups excluding carboxylic acids is 2. The number of aliphatic hydroxyl groups excluding tert-OH is 5. The third kappa shape index (κ3) is 48.3. The van der Waals surface area contributed by atoms with Crippen molar-refractivity contribution < 1.29 is 49.3 Å². The summed E-state index contributed by atoms with van der Waals surface area (Å²) in [5, 5.41) is 54.5. The summed E-state index contributed by atoms with van der Waals surface area (Å²) in [7, 11) is 0. The number of carbonyl (C=O) groups is 2. The van der Waals surface area contributed by atoms with Gasteiger partial charge in [-0.05, 0) is 89.9 Å². The van der Waals surface area contributed by atoms with Crippen LogP contribution in [-0.4, -0.2) is 100 Å². The summed E-state index contributed by atoms with van der Waals surface area (Å²) in [5.74, 6) is -0.199. The lowest BCUT2D eigenvalue weighted by atomic mass is 9.99. The monoisotopic (exact) mass is 1140 g/mol. The number of unbranched alkanes of at least 4 members (excludes halogenated alkanes) is 37. The summed E-state index contributed by atoms with van der Waals surface area (Å²) in [6.07, 6.45) is 67.6. The molecule has 0 spiro atoms. The maximum Gasteiger partial charge on any atom is 0.305 e. The molecule has 1 fully saturated rings. The smallest absolute Gasteiger partial charge is 0.305 e. The van der Waals surface area contributed by atoms with Crippen molar-refractivity contribution in [3.05, 3.63) is 60.8 Å². The second-order valence-corrected chi connectivity index (χ2v) is 23.5. The van der Waals surface area contributed by atoms with Crippen LogP contribution in [0.15, 0.2) is 60.8 Å². The van der Waals surface area contributed by atoms with Gasteiger partial charge in [0.1, 0.15) is 24.4 Å². The van der Waals surface area contributed by atoms with Gasteiger partial charge in [0.05, 0.1) is 32.0 Å². The van der Waals surface area contributed by atoms with E-state index < -0.39 is 49.5 Å². The molecule has 7 atom stereocenters. The Morgan fingerprint density at radius 1 is 0.457 bits per heavy atom. The van der Waals surface area contributed by atoms with Gasteiger partial charge in [-0.3, -0.25) is 9.59 Å². The van der Waals surface area contributed by atoms with Gasteiger partial charge in [0.25, 0.3) is 0 Å². The molecule has 11 nitrogen and oxygen atoms in total. The van der Waals surface area contributed by atoms with Gasteiger partial charge in [-0.25, -0.2) is 0 Å². The highest BCUT2D eigenvalue weighted by Crippen LogP contribution is 2.23. The van der Waals surface area contributed by atoms with E-state index in [1.807, 2.05) is 6.08 Å². The summed E-state index contributed by atoms with van der Waals surface area (Å²) >= 11 is 0. The molecule has 0 radical (unpaired) electrons. The number of aliphatic hydroxyl groups is 5. The topological polar surface area (TPSA) is 175 Å². The number of hydrogen-bond donors (Lipinski definition) is 6. The van der Waals surface area contributed by atoms with Crippen molar-refractivity contribution in [3.8, 4) is 0 Å². The normalized spacial score (nSPS) is 18.6. The molecular formula is C70H127NO10. The van der Waals surface area contributed by atoms with E-state index in [4.69, 9.17) is 14.2 Å². The lowest BCUT2D eigenvalue weighted by Gasteiger charge is -2.40. The van der Waals surface area contributed by atoms with E-state index in [-0.39, 0.29) is 18.5 Å². The summed E-state index contributed by atoms with van der Waals surface area (Å²) < 4.78 is 16.7. The first-order chi connectivity index (χ1) is 39.7. The second kappa shape index (κ2) is 59.1. The fourth-order valence-corrected chi connectivity index (χ4v) is 10.4. The van der Waals surface area contributed by atoms with Gasteiger partial charge in [0.2, 0.25) is 5.91 Å². The zero-order valence-corrected chi connectivity index (χ0v) is 52.2. The third-order valence-electron chi connectivity index (χ3n) is 15.8. The van der Waals surface area contributed by atoms with Crippen molar-refractivity contribution in [1.82, 2.24) is 5.32 Å². The molecule has 1 heterocycles. The highest BCUT2D eigenvalue weighted by Gasteiger charge is 2.44. The van der Waals surface area contributed by atoms with Crippen molar-refractivity contribution in [2.45, 2.75) is 352 Å². The number of nitrogens with one attached hydrogen (secondary N) is 1. The number of allylic oxidation sites excluding steroid dienone is 9. The van der Waals surface area contributed by atoms with Gasteiger partial charge >= 0.3 is 5.97 Å². The predicted molar refractivity (Wildman–Crippen MR) is 338 cm³/mol. The maximum atomic E-state index is 13.1. The first kappa shape index (κ1) is 76.4. The van der Waals surface area contributed by atoms with Gasteiger partial charge in [-0.2, -0.15) is 0 Å². The minimum absolute atomic E-state index is 0.0000794. The maximum absolute atomic E-state index is 13.1. The van der Waals surface area contributed by atoms with Crippen LogP contribution in [0.2, 0.25) is 0 Å². The van der Waals surface area contributed by atoms with Crippen LogP contribution in [0.5, 0.6) is 0 Å². The number of rotatable bonds is 59. The zero-order chi connectivity index (χ0) is 58.7. The van der Waals surface area contributed by atoms with E-state index >= 15 is 0 Å². The molecule has 472 valence electrons. The highest BCUT2D eigenvalue weighted by atomic mass is 16.7. The lowest BCUT2D eigenvalue weighted by Crippen LogP contribution is -2.60. The van der Waals surface area contributed by atoms with E-state index in [2.05, 4.69) is 67.8 Å². The molecule has 0 saturated carbocycles. The minimum Gasteiger partial charge on any atom is -0.466 e. The number of amides is 1. The molecule has 1 amide bonds. The van der Waals surface area contributed by atoms with Gasteiger partial charge in [0, 0.05) is 12.8 Å². The third-order valence-corrected chi connectivity index (χ3v) is 15.8. The molecule has 6 N–H and O–H groups in total. The van der Waals surface area contributed by atoms with Crippen LogP contribution >= 0.6 is 0 Å². The zero-order valence-electron chi connectivity index (χ0n) is 52.2. The molecule has 0 aromatic rings. The van der Waals surface area contributed by atoms with E-state index in [9.17, 15) is 35.1 Å². The van der Waals surface area contributed by atoms with Gasteiger partial charge in [-0.15, -0.1) is 0 Å². The largest absolute Gasteiger partial charge is 0.466 e. The van der Waals surface area contributed by atoms with Gasteiger partial charge in [-0.1, -0.05) is 267 Å². The van der Waals surface area contributed by atoms with Crippen LogP contribution in [0.1, 0.15) is 309 Å². The molecule has 11 heteroatoms. The average molecular weight is 1140 g/mol. The van der Waals surface area contributed by atoms with Crippen molar-refractivity contribution in [3.63, 3.8) is 0 Å². The molecule has 81 heavy (non-hydrogen) atoms. The molecular weight excluding hydrogens is 1010 g/mol. The van der Waals surface area contributed by atoms with E-state index in [0.717, 1.165) is 83.5 Å².